The lowest BCUT2D eigenvalue weighted by Gasteiger charge is -2.34. The summed E-state index contributed by atoms with van der Waals surface area (Å²) in [4.78, 5) is 28.7. The lowest BCUT2D eigenvalue weighted by atomic mass is 10.2. The smallest absolute Gasteiger partial charge is 0.313 e. The van der Waals surface area contributed by atoms with Crippen LogP contribution in [0, 0.1) is 0 Å². The first kappa shape index (κ1) is 21.8. The Labute approximate surface area is 175 Å². The summed E-state index contributed by atoms with van der Waals surface area (Å²) in [5, 5.41) is 10.1. The topological polar surface area (TPSA) is 125 Å². The summed E-state index contributed by atoms with van der Waals surface area (Å²) in [5.74, 6) is -1.56. The van der Waals surface area contributed by atoms with Gasteiger partial charge in [-0.3, -0.25) is 9.59 Å². The maximum atomic E-state index is 12.1. The van der Waals surface area contributed by atoms with Crippen LogP contribution in [0.15, 0.2) is 53.4 Å². The van der Waals surface area contributed by atoms with E-state index in [1.165, 1.54) is 24.3 Å². The predicted octanol–water partition coefficient (Wildman–Crippen LogP) is 0.341. The van der Waals surface area contributed by atoms with Crippen molar-refractivity contribution in [3.8, 4) is 0 Å². The molecular weight excluding hydrogens is 406 g/mol. The Balaban J connectivity index is 1.50. The highest BCUT2D eigenvalue weighted by atomic mass is 32.2. The quantitative estimate of drug-likeness (QED) is 0.587. The third-order valence-corrected chi connectivity index (χ3v) is 5.83. The first-order chi connectivity index (χ1) is 14.2. The van der Waals surface area contributed by atoms with Crippen molar-refractivity contribution < 1.29 is 18.0 Å². The van der Waals surface area contributed by atoms with Crippen molar-refractivity contribution >= 4 is 33.2 Å². The van der Waals surface area contributed by atoms with E-state index >= 15 is 0 Å². The van der Waals surface area contributed by atoms with Crippen molar-refractivity contribution in [2.24, 2.45) is 5.14 Å². The molecule has 2 amide bonds. The molecule has 2 aromatic carbocycles. The monoisotopic (exact) mass is 431 g/mol. The molecule has 0 aromatic heterocycles. The van der Waals surface area contributed by atoms with Gasteiger partial charge in [0.2, 0.25) is 10.0 Å². The molecule has 1 saturated heterocycles. The Morgan fingerprint density at radius 1 is 0.933 bits per heavy atom. The molecule has 10 heteroatoms. The highest BCUT2D eigenvalue weighted by Gasteiger charge is 2.16. The molecule has 1 aliphatic rings. The number of rotatable bonds is 5. The van der Waals surface area contributed by atoms with E-state index in [0.717, 1.165) is 31.9 Å². The second kappa shape index (κ2) is 9.24. The van der Waals surface area contributed by atoms with E-state index in [9.17, 15) is 18.0 Å². The van der Waals surface area contributed by atoms with Crippen molar-refractivity contribution in [1.29, 1.82) is 0 Å². The van der Waals surface area contributed by atoms with E-state index in [2.05, 4.69) is 27.5 Å². The third kappa shape index (κ3) is 5.78. The summed E-state index contributed by atoms with van der Waals surface area (Å²) < 4.78 is 22.5. The number of hydrogen-bond acceptors (Lipinski definition) is 6. The molecule has 0 saturated carbocycles. The number of nitrogens with one attached hydrogen (secondary N) is 2. The van der Waals surface area contributed by atoms with Crippen LogP contribution in [0.25, 0.3) is 0 Å². The molecule has 0 bridgehead atoms. The summed E-state index contributed by atoms with van der Waals surface area (Å²) >= 11 is 0. The number of piperazine rings is 1. The van der Waals surface area contributed by atoms with Gasteiger partial charge in [-0.15, -0.1) is 0 Å². The number of hydrogen-bond donors (Lipinski definition) is 3. The number of carbonyl (C=O) groups is 2. The van der Waals surface area contributed by atoms with Gasteiger partial charge in [0, 0.05) is 44.1 Å². The van der Waals surface area contributed by atoms with Crippen LogP contribution in [-0.2, 0) is 26.2 Å². The van der Waals surface area contributed by atoms with Crippen LogP contribution >= 0.6 is 0 Å². The number of anilines is 2. The number of nitrogens with zero attached hydrogens (tertiary/aromatic N) is 2. The minimum absolute atomic E-state index is 0.0182. The van der Waals surface area contributed by atoms with E-state index < -0.39 is 21.8 Å². The fraction of sp³-hybridized carbons (Fsp3) is 0.300. The van der Waals surface area contributed by atoms with Crippen molar-refractivity contribution in [2.75, 3.05) is 43.4 Å². The highest BCUT2D eigenvalue weighted by molar-refractivity contribution is 7.89. The van der Waals surface area contributed by atoms with Crippen molar-refractivity contribution in [1.82, 2.24) is 10.2 Å². The molecule has 160 valence electrons. The minimum atomic E-state index is -3.77. The number of primary sulfonamides is 1. The molecule has 1 heterocycles. The second-order valence-corrected chi connectivity index (χ2v) is 8.72. The fourth-order valence-corrected chi connectivity index (χ4v) is 3.58. The van der Waals surface area contributed by atoms with Crippen LogP contribution in [0.3, 0.4) is 0 Å². The molecule has 1 fully saturated rings. The molecule has 4 N–H and O–H groups in total. The Morgan fingerprint density at radius 3 is 2.10 bits per heavy atom. The summed E-state index contributed by atoms with van der Waals surface area (Å²) in [7, 11) is -1.67. The van der Waals surface area contributed by atoms with Gasteiger partial charge in [-0.05, 0) is 49.0 Å². The van der Waals surface area contributed by atoms with E-state index in [1.807, 2.05) is 12.1 Å². The van der Waals surface area contributed by atoms with E-state index in [0.29, 0.717) is 11.3 Å². The van der Waals surface area contributed by atoms with Crippen LogP contribution < -0.4 is 20.7 Å². The maximum Gasteiger partial charge on any atom is 0.313 e. The van der Waals surface area contributed by atoms with E-state index in [4.69, 9.17) is 5.14 Å². The highest BCUT2D eigenvalue weighted by Crippen LogP contribution is 2.19. The van der Waals surface area contributed by atoms with Crippen LogP contribution in [0.2, 0.25) is 0 Å². The number of likely N-dealkylation sites (N-methyl/N-ethyl adjacent to an activating group) is 1. The molecule has 30 heavy (non-hydrogen) atoms. The predicted molar refractivity (Wildman–Crippen MR) is 114 cm³/mol. The van der Waals surface area contributed by atoms with Gasteiger partial charge in [0.15, 0.2) is 0 Å². The number of amides is 2. The molecule has 9 nitrogen and oxygen atoms in total. The van der Waals surface area contributed by atoms with Gasteiger partial charge in [0.25, 0.3) is 0 Å². The molecule has 1 aliphatic heterocycles. The molecule has 0 unspecified atom stereocenters. The minimum Gasteiger partial charge on any atom is -0.369 e. The van der Waals surface area contributed by atoms with Gasteiger partial charge >= 0.3 is 11.8 Å². The molecule has 0 spiro atoms. The van der Waals surface area contributed by atoms with Crippen LogP contribution in [-0.4, -0.2) is 58.4 Å². The number of nitrogens with two attached hydrogens (primary N) is 1. The summed E-state index contributed by atoms with van der Waals surface area (Å²) in [6.07, 6.45) is 0. The SMILES string of the molecule is CN1CCN(c2ccc(NC(=O)C(=O)NCc3ccc(S(N)(=O)=O)cc3)cc2)CC1. The second-order valence-electron chi connectivity index (χ2n) is 7.16. The zero-order valence-electron chi connectivity index (χ0n) is 16.7. The van der Waals surface area contributed by atoms with Crippen LogP contribution in [0.1, 0.15) is 5.56 Å². The molecule has 0 aliphatic carbocycles. The first-order valence-electron chi connectivity index (χ1n) is 9.47. The van der Waals surface area contributed by atoms with Crippen LogP contribution in [0.5, 0.6) is 0 Å². The molecule has 0 radical (unpaired) electrons. The average Bonchev–Trinajstić information content (AvgIpc) is 2.73. The Morgan fingerprint density at radius 2 is 1.53 bits per heavy atom. The average molecular weight is 432 g/mol. The van der Waals surface area contributed by atoms with Crippen molar-refractivity contribution in [2.45, 2.75) is 11.4 Å². The summed E-state index contributed by atoms with van der Waals surface area (Å²) in [6, 6.07) is 13.1. The van der Waals surface area contributed by atoms with Gasteiger partial charge in [0.05, 0.1) is 4.90 Å². The van der Waals surface area contributed by atoms with E-state index in [1.54, 1.807) is 12.1 Å². The Hall–Kier alpha value is -2.95. The molecule has 3 rings (SSSR count). The lowest BCUT2D eigenvalue weighted by molar-refractivity contribution is -0.136. The van der Waals surface area contributed by atoms with Gasteiger partial charge in [-0.25, -0.2) is 13.6 Å². The molecular formula is C20H25N5O4S. The zero-order chi connectivity index (χ0) is 21.7. The molecule has 2 aromatic rings. The summed E-state index contributed by atoms with van der Waals surface area (Å²) in [6.45, 7) is 3.98. The number of carbonyl (C=O) groups excluding carboxylic acids is 2. The maximum absolute atomic E-state index is 12.1. The normalized spacial score (nSPS) is 14.9. The number of benzene rings is 2. The largest absolute Gasteiger partial charge is 0.369 e. The van der Waals surface area contributed by atoms with Gasteiger partial charge in [-0.1, -0.05) is 12.1 Å². The van der Waals surface area contributed by atoms with Crippen molar-refractivity contribution in [3.63, 3.8) is 0 Å². The van der Waals surface area contributed by atoms with E-state index in [-0.39, 0.29) is 11.4 Å². The Kier molecular flexibility index (Phi) is 6.70. The number of sulfonamides is 1. The third-order valence-electron chi connectivity index (χ3n) is 4.90. The Bertz CT molecular complexity index is 998. The molecule has 0 atom stereocenters. The fourth-order valence-electron chi connectivity index (χ4n) is 3.07. The van der Waals surface area contributed by atoms with Gasteiger partial charge in [-0.2, -0.15) is 0 Å². The van der Waals surface area contributed by atoms with Gasteiger partial charge in [0.1, 0.15) is 0 Å². The van der Waals surface area contributed by atoms with Crippen molar-refractivity contribution in [3.05, 3.63) is 54.1 Å². The summed E-state index contributed by atoms with van der Waals surface area (Å²) in [5.41, 5.74) is 2.25. The standard InChI is InChI=1S/C20H25N5O4S/c1-24-10-12-25(13-11-24)17-6-4-16(5-7-17)23-20(27)19(26)22-14-15-2-8-18(9-3-15)30(21,28)29/h2-9H,10-14H2,1H3,(H,22,26)(H,23,27)(H2,21,28,29). The van der Waals surface area contributed by atoms with Gasteiger partial charge < -0.3 is 20.4 Å². The lowest BCUT2D eigenvalue weighted by Crippen LogP contribution is -2.44. The zero-order valence-corrected chi connectivity index (χ0v) is 17.5. The van der Waals surface area contributed by atoms with Crippen LogP contribution in [0.4, 0.5) is 11.4 Å². The first-order valence-corrected chi connectivity index (χ1v) is 11.0.